The van der Waals surface area contributed by atoms with Crippen LogP contribution in [0.4, 0.5) is 0 Å². The Kier molecular flexibility index (Phi) is 10.6. The van der Waals surface area contributed by atoms with Crippen molar-refractivity contribution in [3.63, 3.8) is 0 Å². The Morgan fingerprint density at radius 2 is 1.52 bits per heavy atom. The van der Waals surface area contributed by atoms with E-state index in [0.717, 1.165) is 18.8 Å². The molecule has 0 spiro atoms. The van der Waals surface area contributed by atoms with Crippen molar-refractivity contribution in [3.8, 4) is 0 Å². The summed E-state index contributed by atoms with van der Waals surface area (Å²) in [4.78, 5) is 0. The van der Waals surface area contributed by atoms with Crippen LogP contribution >= 0.6 is 0 Å². The molecule has 0 radical (unpaired) electrons. The second-order valence-corrected chi connectivity index (χ2v) is 8.06. The molecule has 0 aromatic rings. The van der Waals surface area contributed by atoms with Gasteiger partial charge in [-0.05, 0) is 12.3 Å². The van der Waals surface area contributed by atoms with E-state index < -0.39 is 11.1 Å². The maximum atomic E-state index is 11.2. The van der Waals surface area contributed by atoms with Gasteiger partial charge < -0.3 is 5.73 Å². The van der Waals surface area contributed by atoms with Gasteiger partial charge in [0, 0.05) is 6.04 Å². The Balaban J connectivity index is 1.80. The van der Waals surface area contributed by atoms with Crippen molar-refractivity contribution in [2.24, 2.45) is 11.7 Å². The minimum absolute atomic E-state index is 0.0170. The standard InChI is InChI=1S/C17H35NO2S/c1-15(2)12-10-8-6-4-3-5-7-9-11-13-17-16(18)14-21(19)20-17/h15-17H,3-14,18H2,1-2H3/t16-,17+,21?/m0/s1. The normalized spacial score (nSPS) is 25.8. The fraction of sp³-hybridized carbons (Fsp3) is 1.00. The van der Waals surface area contributed by atoms with Crippen LogP contribution in [0.5, 0.6) is 0 Å². The molecule has 3 nitrogen and oxygen atoms in total. The first-order valence-electron chi connectivity index (χ1n) is 8.90. The lowest BCUT2D eigenvalue weighted by Gasteiger charge is -2.11. The highest BCUT2D eigenvalue weighted by Crippen LogP contribution is 2.19. The second-order valence-electron chi connectivity index (χ2n) is 6.92. The summed E-state index contributed by atoms with van der Waals surface area (Å²) in [6.45, 7) is 4.61. The Hall–Kier alpha value is 0.0700. The molecular weight excluding hydrogens is 282 g/mol. The number of hydrogen-bond donors (Lipinski definition) is 1. The molecule has 0 aromatic heterocycles. The Morgan fingerprint density at radius 1 is 1.00 bits per heavy atom. The summed E-state index contributed by atoms with van der Waals surface area (Å²) < 4.78 is 16.5. The van der Waals surface area contributed by atoms with Crippen LogP contribution in [-0.2, 0) is 15.3 Å². The molecular formula is C17H35NO2S. The highest BCUT2D eigenvalue weighted by Gasteiger charge is 2.29. The summed E-state index contributed by atoms with van der Waals surface area (Å²) in [5.74, 6) is 1.38. The molecule has 4 heteroatoms. The molecule has 2 N–H and O–H groups in total. The van der Waals surface area contributed by atoms with Gasteiger partial charge in [-0.2, -0.15) is 0 Å². The summed E-state index contributed by atoms with van der Waals surface area (Å²) in [6, 6.07) is -0.0170. The molecule has 0 amide bonds. The van der Waals surface area contributed by atoms with E-state index >= 15 is 0 Å². The van der Waals surface area contributed by atoms with Crippen LogP contribution in [0.2, 0.25) is 0 Å². The van der Waals surface area contributed by atoms with Crippen LogP contribution in [0.25, 0.3) is 0 Å². The minimum Gasteiger partial charge on any atom is -0.325 e. The molecule has 0 aromatic carbocycles. The first-order valence-corrected chi connectivity index (χ1v) is 10.1. The van der Waals surface area contributed by atoms with Crippen molar-refractivity contribution in [2.45, 2.75) is 96.6 Å². The van der Waals surface area contributed by atoms with Gasteiger partial charge in [0.2, 0.25) is 0 Å². The van der Waals surface area contributed by atoms with E-state index in [1.54, 1.807) is 0 Å². The molecule has 0 saturated carbocycles. The lowest BCUT2D eigenvalue weighted by Crippen LogP contribution is -2.32. The smallest absolute Gasteiger partial charge is 0.157 e. The van der Waals surface area contributed by atoms with Crippen LogP contribution in [0.3, 0.4) is 0 Å². The van der Waals surface area contributed by atoms with Crippen molar-refractivity contribution in [3.05, 3.63) is 0 Å². The molecule has 1 unspecified atom stereocenters. The highest BCUT2D eigenvalue weighted by atomic mass is 32.2. The van der Waals surface area contributed by atoms with E-state index in [1.807, 2.05) is 0 Å². The first-order chi connectivity index (χ1) is 10.1. The highest BCUT2D eigenvalue weighted by molar-refractivity contribution is 7.80. The van der Waals surface area contributed by atoms with E-state index in [9.17, 15) is 4.21 Å². The van der Waals surface area contributed by atoms with Gasteiger partial charge in [-0.25, -0.2) is 4.21 Å². The van der Waals surface area contributed by atoms with Crippen LogP contribution in [0, 0.1) is 5.92 Å². The Morgan fingerprint density at radius 3 is 2.00 bits per heavy atom. The fourth-order valence-corrected chi connectivity index (χ4v) is 4.03. The molecule has 0 bridgehead atoms. The van der Waals surface area contributed by atoms with Crippen molar-refractivity contribution >= 4 is 11.1 Å². The molecule has 1 fully saturated rings. The number of nitrogens with two attached hydrogens (primary N) is 1. The molecule has 1 aliphatic heterocycles. The predicted molar refractivity (Wildman–Crippen MR) is 91.5 cm³/mol. The van der Waals surface area contributed by atoms with Crippen LogP contribution in [-0.4, -0.2) is 22.1 Å². The molecule has 1 rings (SSSR count). The second kappa shape index (κ2) is 11.6. The lowest BCUT2D eigenvalue weighted by molar-refractivity contribution is 0.213. The Labute approximate surface area is 134 Å². The van der Waals surface area contributed by atoms with E-state index in [4.69, 9.17) is 9.92 Å². The van der Waals surface area contributed by atoms with Gasteiger partial charge in [0.15, 0.2) is 11.1 Å². The van der Waals surface area contributed by atoms with Crippen LogP contribution in [0.1, 0.15) is 84.5 Å². The summed E-state index contributed by atoms with van der Waals surface area (Å²) in [5.41, 5.74) is 5.89. The minimum atomic E-state index is -1.13. The number of hydrogen-bond acceptors (Lipinski definition) is 3. The van der Waals surface area contributed by atoms with Gasteiger partial charge in [-0.1, -0.05) is 78.1 Å². The third-order valence-corrected chi connectivity index (χ3v) is 5.43. The average Bonchev–Trinajstić information content (AvgIpc) is 2.74. The molecule has 21 heavy (non-hydrogen) atoms. The fourth-order valence-electron chi connectivity index (χ4n) is 2.91. The molecule has 1 heterocycles. The van der Waals surface area contributed by atoms with E-state index in [0.29, 0.717) is 5.75 Å². The third-order valence-electron chi connectivity index (χ3n) is 4.31. The van der Waals surface area contributed by atoms with Gasteiger partial charge in [0.25, 0.3) is 0 Å². The number of rotatable bonds is 12. The summed E-state index contributed by atoms with van der Waals surface area (Å²) in [5, 5.41) is 0. The van der Waals surface area contributed by atoms with E-state index in [-0.39, 0.29) is 12.1 Å². The SMILES string of the molecule is CC(C)CCCCCCCCCCC[C@H]1OS(=O)C[C@@H]1N. The summed E-state index contributed by atoms with van der Waals surface area (Å²) >= 11 is -1.13. The maximum Gasteiger partial charge on any atom is 0.157 e. The van der Waals surface area contributed by atoms with Crippen LogP contribution in [0.15, 0.2) is 0 Å². The van der Waals surface area contributed by atoms with Crippen molar-refractivity contribution in [2.75, 3.05) is 5.75 Å². The zero-order valence-electron chi connectivity index (χ0n) is 14.0. The predicted octanol–water partition coefficient (Wildman–Crippen LogP) is 4.32. The van der Waals surface area contributed by atoms with Crippen molar-refractivity contribution in [1.29, 1.82) is 0 Å². The maximum absolute atomic E-state index is 11.2. The summed E-state index contributed by atoms with van der Waals surface area (Å²) in [7, 11) is 0. The third kappa shape index (κ3) is 9.64. The quantitative estimate of drug-likeness (QED) is 0.545. The molecule has 0 aliphatic carbocycles. The Bertz CT molecular complexity index is 284. The largest absolute Gasteiger partial charge is 0.325 e. The zero-order valence-corrected chi connectivity index (χ0v) is 14.8. The summed E-state index contributed by atoms with van der Waals surface area (Å²) in [6.07, 6.45) is 14.5. The van der Waals surface area contributed by atoms with Gasteiger partial charge >= 0.3 is 0 Å². The van der Waals surface area contributed by atoms with Crippen molar-refractivity contribution in [1.82, 2.24) is 0 Å². The van der Waals surface area contributed by atoms with Crippen molar-refractivity contribution < 1.29 is 8.39 Å². The van der Waals surface area contributed by atoms with E-state index in [1.165, 1.54) is 57.8 Å². The molecule has 1 saturated heterocycles. The van der Waals surface area contributed by atoms with Gasteiger partial charge in [-0.3, -0.25) is 4.18 Å². The molecule has 126 valence electrons. The zero-order chi connectivity index (χ0) is 15.5. The van der Waals surface area contributed by atoms with Crippen LogP contribution < -0.4 is 5.73 Å². The molecule has 1 aliphatic rings. The topological polar surface area (TPSA) is 52.3 Å². The average molecular weight is 318 g/mol. The van der Waals surface area contributed by atoms with Gasteiger partial charge in [0.05, 0.1) is 11.9 Å². The molecule has 3 atom stereocenters. The van der Waals surface area contributed by atoms with Gasteiger partial charge in [-0.15, -0.1) is 0 Å². The number of unbranched alkanes of at least 4 members (excludes halogenated alkanes) is 8. The van der Waals surface area contributed by atoms with Gasteiger partial charge in [0.1, 0.15) is 0 Å². The lowest BCUT2D eigenvalue weighted by atomic mass is 10.0. The first kappa shape index (κ1) is 19.1. The monoisotopic (exact) mass is 317 g/mol. The van der Waals surface area contributed by atoms with E-state index in [2.05, 4.69) is 13.8 Å².